The molecule has 132 valence electrons. The fourth-order valence-corrected chi connectivity index (χ4v) is 2.89. The van der Waals surface area contributed by atoms with Gasteiger partial charge >= 0.3 is 0 Å². The Bertz CT molecular complexity index is 710. The van der Waals surface area contributed by atoms with Crippen molar-refractivity contribution in [2.75, 3.05) is 50.5 Å². The molecule has 1 aliphatic heterocycles. The number of methoxy groups -OCH3 is 1. The lowest BCUT2D eigenvalue weighted by atomic mass is 10.2. The number of para-hydroxylation sites is 2. The number of carbonyl (C=O) groups is 1. The first kappa shape index (κ1) is 17.0. The van der Waals surface area contributed by atoms with Crippen molar-refractivity contribution in [3.63, 3.8) is 0 Å². The van der Waals surface area contributed by atoms with Gasteiger partial charge in [0.25, 0.3) is 5.91 Å². The second-order valence-electron chi connectivity index (χ2n) is 5.90. The number of hydrogen-bond acceptors (Lipinski definition) is 5. The Morgan fingerprint density at radius 3 is 2.40 bits per heavy atom. The SMILES string of the molecule is COc1ccccc1N1CCN(C(=O)COc2ccc(N)cc2)CC1. The van der Waals surface area contributed by atoms with E-state index in [1.165, 1.54) is 0 Å². The summed E-state index contributed by atoms with van der Waals surface area (Å²) in [7, 11) is 1.67. The molecule has 0 bridgehead atoms. The summed E-state index contributed by atoms with van der Waals surface area (Å²) in [5.74, 6) is 1.50. The number of ether oxygens (including phenoxy) is 2. The molecule has 0 aromatic heterocycles. The normalized spacial score (nSPS) is 14.3. The molecule has 0 saturated carbocycles. The Kier molecular flexibility index (Phi) is 5.28. The average Bonchev–Trinajstić information content (AvgIpc) is 2.67. The summed E-state index contributed by atoms with van der Waals surface area (Å²) >= 11 is 0. The molecule has 0 spiro atoms. The second-order valence-corrected chi connectivity index (χ2v) is 5.90. The molecular weight excluding hydrogens is 318 g/mol. The highest BCUT2D eigenvalue weighted by Gasteiger charge is 2.23. The van der Waals surface area contributed by atoms with Gasteiger partial charge in [-0.1, -0.05) is 12.1 Å². The lowest BCUT2D eigenvalue weighted by Gasteiger charge is -2.36. The number of nitrogens with two attached hydrogens (primary N) is 1. The van der Waals surface area contributed by atoms with Crippen molar-refractivity contribution >= 4 is 17.3 Å². The van der Waals surface area contributed by atoms with E-state index >= 15 is 0 Å². The second kappa shape index (κ2) is 7.79. The molecule has 0 aliphatic carbocycles. The third kappa shape index (κ3) is 4.15. The van der Waals surface area contributed by atoms with Crippen LogP contribution in [0, 0.1) is 0 Å². The van der Waals surface area contributed by atoms with Crippen LogP contribution in [0.5, 0.6) is 11.5 Å². The predicted molar refractivity (Wildman–Crippen MR) is 98.1 cm³/mol. The molecule has 1 fully saturated rings. The number of carbonyl (C=O) groups excluding carboxylic acids is 1. The summed E-state index contributed by atoms with van der Waals surface area (Å²) in [5, 5.41) is 0. The Balaban J connectivity index is 1.51. The number of piperazine rings is 1. The largest absolute Gasteiger partial charge is 0.495 e. The van der Waals surface area contributed by atoms with Crippen LogP contribution in [0.1, 0.15) is 0 Å². The minimum absolute atomic E-state index is 0.00324. The van der Waals surface area contributed by atoms with Crippen molar-refractivity contribution in [2.24, 2.45) is 0 Å². The van der Waals surface area contributed by atoms with Gasteiger partial charge < -0.3 is 25.0 Å². The van der Waals surface area contributed by atoms with Crippen LogP contribution < -0.4 is 20.1 Å². The Morgan fingerprint density at radius 2 is 1.72 bits per heavy atom. The third-order valence-corrected chi connectivity index (χ3v) is 4.30. The minimum atomic E-state index is -0.00324. The van der Waals surface area contributed by atoms with Crippen molar-refractivity contribution in [3.05, 3.63) is 48.5 Å². The molecule has 3 rings (SSSR count). The van der Waals surface area contributed by atoms with Crippen LogP contribution >= 0.6 is 0 Å². The predicted octanol–water partition coefficient (Wildman–Crippen LogP) is 2.00. The Hall–Kier alpha value is -2.89. The van der Waals surface area contributed by atoms with Crippen LogP contribution in [0.3, 0.4) is 0 Å². The number of benzene rings is 2. The maximum absolute atomic E-state index is 12.3. The highest BCUT2D eigenvalue weighted by Crippen LogP contribution is 2.28. The zero-order chi connectivity index (χ0) is 17.6. The molecule has 1 amide bonds. The fourth-order valence-electron chi connectivity index (χ4n) is 2.89. The van der Waals surface area contributed by atoms with Crippen LogP contribution in [0.25, 0.3) is 0 Å². The van der Waals surface area contributed by atoms with Gasteiger partial charge in [-0.2, -0.15) is 0 Å². The smallest absolute Gasteiger partial charge is 0.260 e. The Labute approximate surface area is 147 Å². The molecule has 6 nitrogen and oxygen atoms in total. The molecule has 2 aromatic carbocycles. The molecule has 1 aliphatic rings. The van der Waals surface area contributed by atoms with Crippen LogP contribution in [-0.4, -0.2) is 50.7 Å². The average molecular weight is 341 g/mol. The van der Waals surface area contributed by atoms with Gasteiger partial charge in [-0.25, -0.2) is 0 Å². The van der Waals surface area contributed by atoms with E-state index < -0.39 is 0 Å². The molecule has 6 heteroatoms. The van der Waals surface area contributed by atoms with E-state index in [1.54, 1.807) is 31.4 Å². The van der Waals surface area contributed by atoms with Crippen molar-refractivity contribution in [1.29, 1.82) is 0 Å². The molecule has 2 N–H and O–H groups in total. The van der Waals surface area contributed by atoms with Gasteiger partial charge in [0, 0.05) is 31.9 Å². The third-order valence-electron chi connectivity index (χ3n) is 4.30. The van der Waals surface area contributed by atoms with Gasteiger partial charge in [0.2, 0.25) is 0 Å². The standard InChI is InChI=1S/C19H23N3O3/c1-24-18-5-3-2-4-17(18)21-10-12-22(13-11-21)19(23)14-25-16-8-6-15(20)7-9-16/h2-9H,10-14,20H2,1H3. The molecule has 25 heavy (non-hydrogen) atoms. The quantitative estimate of drug-likeness (QED) is 0.843. The summed E-state index contributed by atoms with van der Waals surface area (Å²) in [4.78, 5) is 16.4. The van der Waals surface area contributed by atoms with Crippen molar-refractivity contribution < 1.29 is 14.3 Å². The van der Waals surface area contributed by atoms with E-state index in [0.29, 0.717) is 24.5 Å². The van der Waals surface area contributed by atoms with Crippen LogP contribution in [-0.2, 0) is 4.79 Å². The van der Waals surface area contributed by atoms with Crippen LogP contribution in [0.15, 0.2) is 48.5 Å². The van der Waals surface area contributed by atoms with Gasteiger partial charge in [0.1, 0.15) is 11.5 Å². The number of nitrogens with zero attached hydrogens (tertiary/aromatic N) is 2. The molecule has 0 unspecified atom stereocenters. The highest BCUT2D eigenvalue weighted by atomic mass is 16.5. The van der Waals surface area contributed by atoms with E-state index in [4.69, 9.17) is 15.2 Å². The lowest BCUT2D eigenvalue weighted by molar-refractivity contribution is -0.133. The summed E-state index contributed by atoms with van der Waals surface area (Å²) in [6.45, 7) is 2.92. The van der Waals surface area contributed by atoms with Crippen molar-refractivity contribution in [1.82, 2.24) is 4.90 Å². The number of nitrogen functional groups attached to an aromatic ring is 1. The first-order valence-electron chi connectivity index (χ1n) is 8.31. The number of anilines is 2. The van der Waals surface area contributed by atoms with Crippen molar-refractivity contribution in [3.8, 4) is 11.5 Å². The van der Waals surface area contributed by atoms with Crippen LogP contribution in [0.2, 0.25) is 0 Å². The van der Waals surface area contributed by atoms with E-state index in [-0.39, 0.29) is 12.5 Å². The van der Waals surface area contributed by atoms with Crippen LogP contribution in [0.4, 0.5) is 11.4 Å². The summed E-state index contributed by atoms with van der Waals surface area (Å²) in [5.41, 5.74) is 7.37. The number of amides is 1. The molecule has 2 aromatic rings. The topological polar surface area (TPSA) is 68.0 Å². The zero-order valence-corrected chi connectivity index (χ0v) is 14.4. The van der Waals surface area contributed by atoms with Gasteiger partial charge in [-0.15, -0.1) is 0 Å². The first-order chi connectivity index (χ1) is 12.2. The molecule has 1 saturated heterocycles. The van der Waals surface area contributed by atoms with E-state index in [9.17, 15) is 4.79 Å². The fraction of sp³-hybridized carbons (Fsp3) is 0.316. The monoisotopic (exact) mass is 341 g/mol. The summed E-state index contributed by atoms with van der Waals surface area (Å²) in [6.07, 6.45) is 0. The van der Waals surface area contributed by atoms with Gasteiger partial charge in [0.05, 0.1) is 12.8 Å². The van der Waals surface area contributed by atoms with E-state index in [0.717, 1.165) is 24.5 Å². The van der Waals surface area contributed by atoms with E-state index in [1.807, 2.05) is 29.2 Å². The molecule has 0 atom stereocenters. The summed E-state index contributed by atoms with van der Waals surface area (Å²) < 4.78 is 11.0. The highest BCUT2D eigenvalue weighted by molar-refractivity contribution is 5.78. The number of rotatable bonds is 5. The molecule has 1 heterocycles. The summed E-state index contributed by atoms with van der Waals surface area (Å²) in [6, 6.07) is 15.0. The molecule has 0 radical (unpaired) electrons. The minimum Gasteiger partial charge on any atom is -0.495 e. The zero-order valence-electron chi connectivity index (χ0n) is 14.4. The first-order valence-corrected chi connectivity index (χ1v) is 8.31. The van der Waals surface area contributed by atoms with Crippen molar-refractivity contribution in [2.45, 2.75) is 0 Å². The molecular formula is C19H23N3O3. The van der Waals surface area contributed by atoms with Gasteiger partial charge in [0.15, 0.2) is 6.61 Å². The lowest BCUT2D eigenvalue weighted by Crippen LogP contribution is -2.50. The van der Waals surface area contributed by atoms with Gasteiger partial charge in [-0.05, 0) is 36.4 Å². The maximum atomic E-state index is 12.3. The maximum Gasteiger partial charge on any atom is 0.260 e. The number of hydrogen-bond donors (Lipinski definition) is 1. The van der Waals surface area contributed by atoms with Gasteiger partial charge in [-0.3, -0.25) is 4.79 Å². The van der Waals surface area contributed by atoms with E-state index in [2.05, 4.69) is 4.90 Å². The Morgan fingerprint density at radius 1 is 1.04 bits per heavy atom.